The molecule has 1 unspecified atom stereocenters. The van der Waals surface area contributed by atoms with Crippen molar-refractivity contribution in [2.24, 2.45) is 5.92 Å². The summed E-state index contributed by atoms with van der Waals surface area (Å²) >= 11 is 0. The standard InChI is InChI=1S/C16H26N2O4/c1-13-15(22-10-9-21-13)16(19)18-4-2-3-14(12-18)11-17-5-7-20-8-6-17/h14H,2-12H2,1H3. The first-order valence-corrected chi connectivity index (χ1v) is 8.30. The Hall–Kier alpha value is -1.27. The van der Waals surface area contributed by atoms with Crippen LogP contribution in [0, 0.1) is 5.92 Å². The van der Waals surface area contributed by atoms with E-state index in [9.17, 15) is 4.79 Å². The van der Waals surface area contributed by atoms with E-state index in [1.807, 2.05) is 11.8 Å². The van der Waals surface area contributed by atoms with Crippen LogP contribution in [0.3, 0.4) is 0 Å². The molecule has 0 radical (unpaired) electrons. The number of nitrogens with zero attached hydrogens (tertiary/aromatic N) is 2. The maximum atomic E-state index is 12.6. The van der Waals surface area contributed by atoms with Crippen LogP contribution in [0.4, 0.5) is 0 Å². The molecular weight excluding hydrogens is 284 g/mol. The van der Waals surface area contributed by atoms with Crippen molar-refractivity contribution >= 4 is 5.91 Å². The number of likely N-dealkylation sites (tertiary alicyclic amines) is 1. The SMILES string of the molecule is CC1=C(C(=O)N2CCCC(CN3CCOCC3)C2)OCCO1. The van der Waals surface area contributed by atoms with Gasteiger partial charge < -0.3 is 19.1 Å². The van der Waals surface area contributed by atoms with E-state index in [0.29, 0.717) is 30.6 Å². The van der Waals surface area contributed by atoms with Crippen LogP contribution >= 0.6 is 0 Å². The van der Waals surface area contributed by atoms with Crippen LogP contribution in [0.15, 0.2) is 11.5 Å². The number of carbonyl (C=O) groups excluding carboxylic acids is 1. The quantitative estimate of drug-likeness (QED) is 0.773. The van der Waals surface area contributed by atoms with Gasteiger partial charge in [-0.2, -0.15) is 0 Å². The minimum Gasteiger partial charge on any atom is -0.491 e. The van der Waals surface area contributed by atoms with Gasteiger partial charge in [-0.25, -0.2) is 0 Å². The topological polar surface area (TPSA) is 51.2 Å². The molecule has 1 atom stereocenters. The molecule has 22 heavy (non-hydrogen) atoms. The summed E-state index contributed by atoms with van der Waals surface area (Å²) in [5.74, 6) is 1.55. The van der Waals surface area contributed by atoms with Crippen molar-refractivity contribution in [1.29, 1.82) is 0 Å². The van der Waals surface area contributed by atoms with E-state index < -0.39 is 0 Å². The van der Waals surface area contributed by atoms with Crippen LogP contribution in [-0.2, 0) is 19.0 Å². The van der Waals surface area contributed by atoms with Gasteiger partial charge in [0, 0.05) is 32.7 Å². The second-order valence-corrected chi connectivity index (χ2v) is 6.25. The number of morpholine rings is 1. The average molecular weight is 310 g/mol. The van der Waals surface area contributed by atoms with Crippen molar-refractivity contribution in [2.75, 3.05) is 59.2 Å². The molecule has 3 rings (SSSR count). The highest BCUT2D eigenvalue weighted by Crippen LogP contribution is 2.22. The van der Waals surface area contributed by atoms with Gasteiger partial charge in [0.2, 0.25) is 5.76 Å². The van der Waals surface area contributed by atoms with Gasteiger partial charge in [0.25, 0.3) is 5.91 Å². The summed E-state index contributed by atoms with van der Waals surface area (Å²) in [5.41, 5.74) is 0. The Bertz CT molecular complexity index is 432. The Balaban J connectivity index is 1.56. The molecule has 0 saturated carbocycles. The minimum absolute atomic E-state index is 0.0103. The number of rotatable bonds is 3. The fourth-order valence-corrected chi connectivity index (χ4v) is 3.41. The van der Waals surface area contributed by atoms with Gasteiger partial charge in [-0.1, -0.05) is 0 Å². The number of piperidine rings is 1. The molecule has 3 heterocycles. The molecule has 0 aliphatic carbocycles. The lowest BCUT2D eigenvalue weighted by Gasteiger charge is -2.37. The highest BCUT2D eigenvalue weighted by Gasteiger charge is 2.30. The van der Waals surface area contributed by atoms with Crippen LogP contribution in [0.25, 0.3) is 0 Å². The summed E-state index contributed by atoms with van der Waals surface area (Å²) in [7, 11) is 0. The van der Waals surface area contributed by atoms with Crippen LogP contribution < -0.4 is 0 Å². The fourth-order valence-electron chi connectivity index (χ4n) is 3.41. The molecule has 1 amide bonds. The summed E-state index contributed by atoms with van der Waals surface area (Å²) in [6, 6.07) is 0. The predicted molar refractivity (Wildman–Crippen MR) is 81.2 cm³/mol. The smallest absolute Gasteiger partial charge is 0.292 e. The van der Waals surface area contributed by atoms with E-state index >= 15 is 0 Å². The van der Waals surface area contributed by atoms with E-state index in [1.54, 1.807) is 0 Å². The van der Waals surface area contributed by atoms with Crippen molar-refractivity contribution in [1.82, 2.24) is 9.80 Å². The van der Waals surface area contributed by atoms with Crippen molar-refractivity contribution in [3.8, 4) is 0 Å². The maximum Gasteiger partial charge on any atom is 0.292 e. The van der Waals surface area contributed by atoms with E-state index in [2.05, 4.69) is 4.90 Å². The number of carbonyl (C=O) groups is 1. The largest absolute Gasteiger partial charge is 0.491 e. The normalized spacial score (nSPS) is 27.3. The van der Waals surface area contributed by atoms with Crippen molar-refractivity contribution in [2.45, 2.75) is 19.8 Å². The van der Waals surface area contributed by atoms with Gasteiger partial charge in [-0.05, 0) is 25.7 Å². The third-order valence-electron chi connectivity index (χ3n) is 4.59. The lowest BCUT2D eigenvalue weighted by molar-refractivity contribution is -0.134. The van der Waals surface area contributed by atoms with Gasteiger partial charge in [0.15, 0.2) is 0 Å². The molecule has 2 saturated heterocycles. The summed E-state index contributed by atoms with van der Waals surface area (Å²) in [5, 5.41) is 0. The lowest BCUT2D eigenvalue weighted by atomic mass is 9.97. The number of ether oxygens (including phenoxy) is 3. The highest BCUT2D eigenvalue weighted by atomic mass is 16.6. The zero-order valence-corrected chi connectivity index (χ0v) is 13.4. The zero-order chi connectivity index (χ0) is 15.4. The summed E-state index contributed by atoms with van der Waals surface area (Å²) < 4.78 is 16.4. The molecule has 0 N–H and O–H groups in total. The molecule has 0 aromatic heterocycles. The molecule has 0 spiro atoms. The van der Waals surface area contributed by atoms with Crippen LogP contribution in [0.2, 0.25) is 0 Å². The minimum atomic E-state index is -0.0103. The van der Waals surface area contributed by atoms with Crippen LogP contribution in [-0.4, -0.2) is 74.9 Å². The summed E-state index contributed by atoms with van der Waals surface area (Å²) in [4.78, 5) is 17.0. The third kappa shape index (κ3) is 3.73. The first-order chi connectivity index (χ1) is 10.7. The number of allylic oxidation sites excluding steroid dienone is 1. The Labute approximate surface area is 132 Å². The average Bonchev–Trinajstić information content (AvgIpc) is 2.56. The van der Waals surface area contributed by atoms with E-state index in [1.165, 1.54) is 6.42 Å². The fraction of sp³-hybridized carbons (Fsp3) is 0.812. The first-order valence-electron chi connectivity index (χ1n) is 8.30. The number of hydrogen-bond donors (Lipinski definition) is 0. The van der Waals surface area contributed by atoms with Crippen molar-refractivity contribution in [3.63, 3.8) is 0 Å². The molecule has 6 nitrogen and oxygen atoms in total. The Kier molecular flexibility index (Phi) is 5.20. The highest BCUT2D eigenvalue weighted by molar-refractivity contribution is 5.92. The monoisotopic (exact) mass is 310 g/mol. The number of hydrogen-bond acceptors (Lipinski definition) is 5. The van der Waals surface area contributed by atoms with E-state index in [-0.39, 0.29) is 5.91 Å². The second kappa shape index (κ2) is 7.33. The predicted octanol–water partition coefficient (Wildman–Crippen LogP) is 0.836. The van der Waals surface area contributed by atoms with Crippen molar-refractivity contribution in [3.05, 3.63) is 11.5 Å². The first kappa shape index (κ1) is 15.6. The Morgan fingerprint density at radius 1 is 1.14 bits per heavy atom. The van der Waals surface area contributed by atoms with E-state index in [0.717, 1.165) is 52.4 Å². The third-order valence-corrected chi connectivity index (χ3v) is 4.59. The van der Waals surface area contributed by atoms with Gasteiger partial charge >= 0.3 is 0 Å². The molecule has 6 heteroatoms. The Morgan fingerprint density at radius 3 is 2.68 bits per heavy atom. The molecule has 3 aliphatic rings. The molecule has 0 aromatic carbocycles. The van der Waals surface area contributed by atoms with Gasteiger partial charge in [-0.3, -0.25) is 9.69 Å². The second-order valence-electron chi connectivity index (χ2n) is 6.25. The summed E-state index contributed by atoms with van der Waals surface area (Å²) in [6.07, 6.45) is 2.25. The summed E-state index contributed by atoms with van der Waals surface area (Å²) in [6.45, 7) is 9.15. The maximum absolute atomic E-state index is 12.6. The Morgan fingerprint density at radius 2 is 1.91 bits per heavy atom. The molecule has 0 aromatic rings. The molecular formula is C16H26N2O4. The number of amides is 1. The van der Waals surface area contributed by atoms with Gasteiger partial charge in [0.05, 0.1) is 13.2 Å². The molecule has 2 fully saturated rings. The van der Waals surface area contributed by atoms with Gasteiger partial charge in [-0.15, -0.1) is 0 Å². The van der Waals surface area contributed by atoms with E-state index in [4.69, 9.17) is 14.2 Å². The van der Waals surface area contributed by atoms with Crippen LogP contribution in [0.1, 0.15) is 19.8 Å². The van der Waals surface area contributed by atoms with Crippen molar-refractivity contribution < 1.29 is 19.0 Å². The molecule has 124 valence electrons. The molecule has 3 aliphatic heterocycles. The van der Waals surface area contributed by atoms with Gasteiger partial charge in [0.1, 0.15) is 19.0 Å². The lowest BCUT2D eigenvalue weighted by Crippen LogP contribution is -2.47. The molecule has 0 bridgehead atoms. The van der Waals surface area contributed by atoms with Crippen LogP contribution in [0.5, 0.6) is 0 Å². The zero-order valence-electron chi connectivity index (χ0n) is 13.4.